The van der Waals surface area contributed by atoms with Crippen molar-refractivity contribution < 1.29 is 5.11 Å². The highest BCUT2D eigenvalue weighted by Crippen LogP contribution is 2.23. The van der Waals surface area contributed by atoms with E-state index >= 15 is 0 Å². The molecule has 1 nitrogen and oxygen atoms in total. The number of aliphatic hydroxyl groups is 1. The van der Waals surface area contributed by atoms with Crippen molar-refractivity contribution in [1.29, 1.82) is 0 Å². The van der Waals surface area contributed by atoms with E-state index < -0.39 is 0 Å². The van der Waals surface area contributed by atoms with Gasteiger partial charge >= 0.3 is 0 Å². The van der Waals surface area contributed by atoms with Gasteiger partial charge in [0, 0.05) is 0 Å². The SMILES string of the molecule is CC(C)C(O)C=C1CCCCC1. The first-order valence-electron chi connectivity index (χ1n) is 5.08. The number of aliphatic hydroxyl groups excluding tert-OH is 1. The first-order valence-corrected chi connectivity index (χ1v) is 5.08. The zero-order valence-electron chi connectivity index (χ0n) is 8.21. The lowest BCUT2D eigenvalue weighted by molar-refractivity contribution is 0.170. The molecule has 1 aliphatic rings. The minimum Gasteiger partial charge on any atom is -0.389 e. The molecule has 1 aliphatic carbocycles. The summed E-state index contributed by atoms with van der Waals surface area (Å²) < 4.78 is 0. The van der Waals surface area contributed by atoms with E-state index in [-0.39, 0.29) is 6.10 Å². The topological polar surface area (TPSA) is 20.2 Å². The van der Waals surface area contributed by atoms with Gasteiger partial charge in [-0.1, -0.05) is 31.9 Å². The van der Waals surface area contributed by atoms with E-state index in [9.17, 15) is 5.11 Å². The molecule has 0 aromatic heterocycles. The summed E-state index contributed by atoms with van der Waals surface area (Å²) in [5.41, 5.74) is 1.47. The molecule has 12 heavy (non-hydrogen) atoms. The molecule has 1 saturated carbocycles. The predicted octanol–water partition coefficient (Wildman–Crippen LogP) is 2.89. The van der Waals surface area contributed by atoms with Crippen LogP contribution in [-0.2, 0) is 0 Å². The summed E-state index contributed by atoms with van der Waals surface area (Å²) in [5.74, 6) is 0.361. The molecule has 0 aromatic rings. The maximum Gasteiger partial charge on any atom is 0.0746 e. The van der Waals surface area contributed by atoms with Gasteiger partial charge in [-0.05, 0) is 31.6 Å². The molecule has 1 rings (SSSR count). The number of hydrogen-bond acceptors (Lipinski definition) is 1. The molecule has 70 valence electrons. The van der Waals surface area contributed by atoms with Crippen LogP contribution in [0.25, 0.3) is 0 Å². The van der Waals surface area contributed by atoms with Crippen LogP contribution in [0.2, 0.25) is 0 Å². The summed E-state index contributed by atoms with van der Waals surface area (Å²) in [4.78, 5) is 0. The molecule has 0 radical (unpaired) electrons. The predicted molar refractivity (Wildman–Crippen MR) is 52.0 cm³/mol. The molecule has 1 fully saturated rings. The van der Waals surface area contributed by atoms with Crippen LogP contribution in [0.3, 0.4) is 0 Å². The second-order valence-corrected chi connectivity index (χ2v) is 4.12. The van der Waals surface area contributed by atoms with Crippen LogP contribution in [-0.4, -0.2) is 11.2 Å². The Labute approximate surface area is 75.5 Å². The average Bonchev–Trinajstić information content (AvgIpc) is 2.06. The Morgan fingerprint density at radius 1 is 1.17 bits per heavy atom. The molecule has 0 spiro atoms. The van der Waals surface area contributed by atoms with E-state index in [0.717, 1.165) is 0 Å². The Morgan fingerprint density at radius 3 is 2.25 bits per heavy atom. The minimum absolute atomic E-state index is 0.224. The maximum absolute atomic E-state index is 9.60. The second-order valence-electron chi connectivity index (χ2n) is 4.12. The highest BCUT2D eigenvalue weighted by atomic mass is 16.3. The van der Waals surface area contributed by atoms with Gasteiger partial charge < -0.3 is 5.11 Å². The van der Waals surface area contributed by atoms with Crippen molar-refractivity contribution in [3.63, 3.8) is 0 Å². The van der Waals surface area contributed by atoms with Crippen molar-refractivity contribution in [3.8, 4) is 0 Å². The number of hydrogen-bond donors (Lipinski definition) is 1. The first-order chi connectivity index (χ1) is 5.70. The van der Waals surface area contributed by atoms with E-state index in [1.54, 1.807) is 0 Å². The van der Waals surface area contributed by atoms with E-state index in [1.807, 2.05) is 0 Å². The molecule has 0 aliphatic heterocycles. The largest absolute Gasteiger partial charge is 0.389 e. The number of rotatable bonds is 2. The van der Waals surface area contributed by atoms with Crippen molar-refractivity contribution in [3.05, 3.63) is 11.6 Å². The standard InChI is InChI=1S/C11H20O/c1-9(2)11(12)8-10-6-4-3-5-7-10/h8-9,11-12H,3-7H2,1-2H3. The van der Waals surface area contributed by atoms with Crippen molar-refractivity contribution >= 4 is 0 Å². The Morgan fingerprint density at radius 2 is 1.75 bits per heavy atom. The molecule has 1 unspecified atom stereocenters. The molecule has 0 saturated heterocycles. The lowest BCUT2D eigenvalue weighted by atomic mass is 9.92. The molecule has 0 bridgehead atoms. The minimum atomic E-state index is -0.224. The number of allylic oxidation sites excluding steroid dienone is 1. The van der Waals surface area contributed by atoms with Gasteiger partial charge in [-0.2, -0.15) is 0 Å². The first kappa shape index (κ1) is 9.79. The van der Waals surface area contributed by atoms with Gasteiger partial charge in [-0.15, -0.1) is 0 Å². The summed E-state index contributed by atoms with van der Waals surface area (Å²) in [7, 11) is 0. The van der Waals surface area contributed by atoms with E-state index in [1.165, 1.54) is 37.7 Å². The quantitative estimate of drug-likeness (QED) is 0.629. The zero-order valence-corrected chi connectivity index (χ0v) is 8.21. The van der Waals surface area contributed by atoms with Gasteiger partial charge in [0.25, 0.3) is 0 Å². The van der Waals surface area contributed by atoms with Gasteiger partial charge in [0.2, 0.25) is 0 Å². The Balaban J connectivity index is 2.42. The molecular weight excluding hydrogens is 148 g/mol. The van der Waals surface area contributed by atoms with Crippen molar-refractivity contribution in [2.45, 2.75) is 52.1 Å². The van der Waals surface area contributed by atoms with Crippen molar-refractivity contribution in [1.82, 2.24) is 0 Å². The molecule has 0 amide bonds. The third-order valence-corrected chi connectivity index (χ3v) is 2.59. The summed E-state index contributed by atoms with van der Waals surface area (Å²) in [5, 5.41) is 9.60. The second kappa shape index (κ2) is 4.66. The van der Waals surface area contributed by atoms with Gasteiger partial charge in [-0.3, -0.25) is 0 Å². The van der Waals surface area contributed by atoms with Gasteiger partial charge in [0.1, 0.15) is 0 Å². The summed E-state index contributed by atoms with van der Waals surface area (Å²) >= 11 is 0. The Bertz CT molecular complexity index is 150. The van der Waals surface area contributed by atoms with E-state index in [4.69, 9.17) is 0 Å². The van der Waals surface area contributed by atoms with Crippen LogP contribution in [0.5, 0.6) is 0 Å². The van der Waals surface area contributed by atoms with Gasteiger partial charge in [0.15, 0.2) is 0 Å². The lowest BCUT2D eigenvalue weighted by Gasteiger charge is -2.17. The average molecular weight is 168 g/mol. The van der Waals surface area contributed by atoms with Crippen LogP contribution in [0.15, 0.2) is 11.6 Å². The smallest absolute Gasteiger partial charge is 0.0746 e. The van der Waals surface area contributed by atoms with E-state index in [2.05, 4.69) is 19.9 Å². The van der Waals surface area contributed by atoms with Crippen LogP contribution >= 0.6 is 0 Å². The fraction of sp³-hybridized carbons (Fsp3) is 0.818. The monoisotopic (exact) mass is 168 g/mol. The van der Waals surface area contributed by atoms with Crippen molar-refractivity contribution in [2.24, 2.45) is 5.92 Å². The molecule has 0 heterocycles. The van der Waals surface area contributed by atoms with E-state index in [0.29, 0.717) is 5.92 Å². The highest BCUT2D eigenvalue weighted by Gasteiger charge is 2.10. The summed E-state index contributed by atoms with van der Waals surface area (Å²) in [6.45, 7) is 4.12. The van der Waals surface area contributed by atoms with Crippen LogP contribution in [0.4, 0.5) is 0 Å². The summed E-state index contributed by atoms with van der Waals surface area (Å²) in [6.07, 6.45) is 8.28. The zero-order chi connectivity index (χ0) is 8.97. The molecule has 1 atom stereocenters. The molecule has 1 N–H and O–H groups in total. The third-order valence-electron chi connectivity index (χ3n) is 2.59. The fourth-order valence-corrected chi connectivity index (χ4v) is 1.61. The molecule has 1 heteroatoms. The third kappa shape index (κ3) is 2.98. The normalized spacial score (nSPS) is 21.2. The molecule has 0 aromatic carbocycles. The summed E-state index contributed by atoms with van der Waals surface area (Å²) in [6, 6.07) is 0. The lowest BCUT2D eigenvalue weighted by Crippen LogP contribution is -2.12. The molecular formula is C11H20O. The Kier molecular flexibility index (Phi) is 3.80. The van der Waals surface area contributed by atoms with Crippen LogP contribution in [0, 0.1) is 5.92 Å². The maximum atomic E-state index is 9.60. The van der Waals surface area contributed by atoms with Crippen LogP contribution < -0.4 is 0 Å². The van der Waals surface area contributed by atoms with Crippen LogP contribution in [0.1, 0.15) is 46.0 Å². The highest BCUT2D eigenvalue weighted by molar-refractivity contribution is 5.07. The van der Waals surface area contributed by atoms with Gasteiger partial charge in [-0.25, -0.2) is 0 Å². The Hall–Kier alpha value is -0.300. The van der Waals surface area contributed by atoms with Crippen molar-refractivity contribution in [2.75, 3.05) is 0 Å². The fourth-order valence-electron chi connectivity index (χ4n) is 1.61. The van der Waals surface area contributed by atoms with Gasteiger partial charge in [0.05, 0.1) is 6.10 Å².